The number of amides is 1. The van der Waals surface area contributed by atoms with Crippen molar-refractivity contribution in [2.75, 3.05) is 5.73 Å². The van der Waals surface area contributed by atoms with Crippen LogP contribution in [0.5, 0.6) is 0 Å². The summed E-state index contributed by atoms with van der Waals surface area (Å²) in [5.41, 5.74) is 7.02. The molecule has 2 aromatic rings. The summed E-state index contributed by atoms with van der Waals surface area (Å²) in [5, 5.41) is 3.93. The number of nitrogen functional groups attached to an aromatic ring is 1. The topological polar surface area (TPSA) is 72.9 Å². The minimum Gasteiger partial charge on any atom is -0.397 e. The van der Waals surface area contributed by atoms with E-state index < -0.39 is 0 Å². The summed E-state index contributed by atoms with van der Waals surface area (Å²) < 4.78 is 1.90. The van der Waals surface area contributed by atoms with Crippen LogP contribution in [0.3, 0.4) is 0 Å². The molecule has 1 unspecified atom stereocenters. The number of nitrogens with zero attached hydrogens (tertiary/aromatic N) is 2. The highest BCUT2D eigenvalue weighted by Gasteiger charge is 2.17. The predicted octanol–water partition coefficient (Wildman–Crippen LogP) is 2.99. The van der Waals surface area contributed by atoms with Crippen LogP contribution >= 0.6 is 11.3 Å². The normalized spacial score (nSPS) is 12.3. The average Bonchev–Trinajstić information content (AvgIpc) is 3.05. The second-order valence-corrected chi connectivity index (χ2v) is 6.21. The highest BCUT2D eigenvalue weighted by atomic mass is 32.1. The molecular weight excluding hydrogens is 284 g/mol. The monoisotopic (exact) mass is 306 g/mol. The Balaban J connectivity index is 2.10. The van der Waals surface area contributed by atoms with Crippen LogP contribution in [0.15, 0.2) is 18.5 Å². The van der Waals surface area contributed by atoms with Crippen LogP contribution in [0.4, 0.5) is 5.69 Å². The summed E-state index contributed by atoms with van der Waals surface area (Å²) in [6.45, 7) is 6.90. The fourth-order valence-corrected chi connectivity index (χ4v) is 3.03. The van der Waals surface area contributed by atoms with E-state index >= 15 is 0 Å². The number of hydrogen-bond donors (Lipinski definition) is 2. The van der Waals surface area contributed by atoms with Crippen molar-refractivity contribution in [2.24, 2.45) is 0 Å². The van der Waals surface area contributed by atoms with Crippen molar-refractivity contribution in [3.05, 3.63) is 34.0 Å². The fraction of sp³-hybridized carbons (Fsp3) is 0.467. The van der Waals surface area contributed by atoms with E-state index in [9.17, 15) is 4.79 Å². The minimum atomic E-state index is -0.110. The van der Waals surface area contributed by atoms with Crippen LogP contribution < -0.4 is 11.1 Å². The Labute approximate surface area is 129 Å². The lowest BCUT2D eigenvalue weighted by Gasteiger charge is -2.12. The average molecular weight is 306 g/mol. The van der Waals surface area contributed by atoms with Crippen LogP contribution in [0.1, 0.15) is 53.6 Å². The molecule has 0 aliphatic rings. The van der Waals surface area contributed by atoms with Gasteiger partial charge in [0.25, 0.3) is 5.91 Å². The Morgan fingerprint density at radius 1 is 1.52 bits per heavy atom. The molecule has 0 aliphatic heterocycles. The van der Waals surface area contributed by atoms with Gasteiger partial charge in [0.15, 0.2) is 0 Å². The number of carbonyl (C=O) groups is 1. The summed E-state index contributed by atoms with van der Waals surface area (Å²) in [4.78, 5) is 18.0. The molecule has 0 bridgehead atoms. The second-order valence-electron chi connectivity index (χ2n) is 5.07. The number of hydrogen-bond acceptors (Lipinski definition) is 4. The van der Waals surface area contributed by atoms with Crippen molar-refractivity contribution in [1.29, 1.82) is 0 Å². The zero-order valence-electron chi connectivity index (χ0n) is 12.7. The van der Waals surface area contributed by atoms with Gasteiger partial charge >= 0.3 is 0 Å². The van der Waals surface area contributed by atoms with Gasteiger partial charge in [-0.25, -0.2) is 4.98 Å². The summed E-state index contributed by atoms with van der Waals surface area (Å²) >= 11 is 1.64. The Hall–Kier alpha value is -1.82. The largest absolute Gasteiger partial charge is 0.397 e. The molecule has 0 saturated heterocycles. The molecule has 114 valence electrons. The molecule has 0 aromatic carbocycles. The molecule has 2 rings (SSSR count). The molecule has 21 heavy (non-hydrogen) atoms. The van der Waals surface area contributed by atoms with Gasteiger partial charge < -0.3 is 15.6 Å². The third-order valence-corrected chi connectivity index (χ3v) is 4.58. The maximum Gasteiger partial charge on any atom is 0.268 e. The van der Waals surface area contributed by atoms with Crippen molar-refractivity contribution in [3.8, 4) is 0 Å². The van der Waals surface area contributed by atoms with E-state index in [4.69, 9.17) is 5.73 Å². The molecule has 1 atom stereocenters. The molecule has 0 radical (unpaired) electrons. The number of rotatable bonds is 6. The number of nitrogens with one attached hydrogen (secondary N) is 1. The first-order chi connectivity index (χ1) is 10.0. The van der Waals surface area contributed by atoms with Gasteiger partial charge in [-0.05, 0) is 25.8 Å². The Kier molecular flexibility index (Phi) is 5.01. The van der Waals surface area contributed by atoms with Crippen LogP contribution in [0.25, 0.3) is 0 Å². The lowest BCUT2D eigenvalue weighted by Crippen LogP contribution is -2.28. The van der Waals surface area contributed by atoms with Gasteiger partial charge in [-0.2, -0.15) is 0 Å². The first-order valence-corrected chi connectivity index (χ1v) is 8.07. The SMILES string of the molecule is CCCn1cc(N)cc1C(=O)NC(C)c1ncc(CC)s1. The van der Waals surface area contributed by atoms with E-state index in [1.807, 2.05) is 23.9 Å². The van der Waals surface area contributed by atoms with Gasteiger partial charge in [0.2, 0.25) is 0 Å². The van der Waals surface area contributed by atoms with E-state index in [0.29, 0.717) is 11.4 Å². The van der Waals surface area contributed by atoms with E-state index in [2.05, 4.69) is 24.1 Å². The van der Waals surface area contributed by atoms with E-state index in [1.54, 1.807) is 17.4 Å². The summed E-state index contributed by atoms with van der Waals surface area (Å²) in [6, 6.07) is 1.62. The van der Waals surface area contributed by atoms with Crippen LogP contribution in [-0.4, -0.2) is 15.5 Å². The molecule has 2 aromatic heterocycles. The first-order valence-electron chi connectivity index (χ1n) is 7.26. The fourth-order valence-electron chi connectivity index (χ4n) is 2.17. The lowest BCUT2D eigenvalue weighted by atomic mass is 10.3. The van der Waals surface area contributed by atoms with Crippen LogP contribution in [0.2, 0.25) is 0 Å². The second kappa shape index (κ2) is 6.76. The maximum atomic E-state index is 12.4. The van der Waals surface area contributed by atoms with E-state index in [1.165, 1.54) is 4.88 Å². The standard InChI is InChI=1S/C15H22N4OS/c1-4-6-19-9-11(16)7-13(19)14(20)18-10(3)15-17-8-12(5-2)21-15/h7-10H,4-6,16H2,1-3H3,(H,18,20). The van der Waals surface area contributed by atoms with Crippen LogP contribution in [-0.2, 0) is 13.0 Å². The number of aryl methyl sites for hydroxylation is 2. The Morgan fingerprint density at radius 3 is 2.90 bits per heavy atom. The highest BCUT2D eigenvalue weighted by molar-refractivity contribution is 7.11. The molecule has 5 nitrogen and oxygen atoms in total. The van der Waals surface area contributed by atoms with E-state index in [0.717, 1.165) is 24.4 Å². The molecule has 0 aliphatic carbocycles. The van der Waals surface area contributed by atoms with Crippen molar-refractivity contribution in [3.63, 3.8) is 0 Å². The van der Waals surface area contributed by atoms with Gasteiger partial charge in [-0.1, -0.05) is 13.8 Å². The molecule has 6 heteroatoms. The lowest BCUT2D eigenvalue weighted by molar-refractivity contribution is 0.0930. The van der Waals surface area contributed by atoms with Crippen molar-refractivity contribution in [1.82, 2.24) is 14.9 Å². The molecule has 0 spiro atoms. The predicted molar refractivity (Wildman–Crippen MR) is 86.5 cm³/mol. The number of nitrogens with two attached hydrogens (primary N) is 1. The zero-order valence-corrected chi connectivity index (χ0v) is 13.5. The molecule has 3 N–H and O–H groups in total. The summed E-state index contributed by atoms with van der Waals surface area (Å²) in [5.74, 6) is -0.110. The zero-order chi connectivity index (χ0) is 15.4. The number of anilines is 1. The Bertz CT molecular complexity index is 617. The number of carbonyl (C=O) groups excluding carboxylic acids is 1. The van der Waals surface area contributed by atoms with E-state index in [-0.39, 0.29) is 11.9 Å². The van der Waals surface area contributed by atoms with Gasteiger partial charge in [0, 0.05) is 23.8 Å². The first kappa shape index (κ1) is 15.6. The molecule has 1 amide bonds. The van der Waals surface area contributed by atoms with Crippen LogP contribution in [0, 0.1) is 0 Å². The quantitative estimate of drug-likeness (QED) is 0.861. The minimum absolute atomic E-state index is 0.103. The molecule has 0 saturated carbocycles. The summed E-state index contributed by atoms with van der Waals surface area (Å²) in [7, 11) is 0. The number of thiazole rings is 1. The third kappa shape index (κ3) is 3.64. The maximum absolute atomic E-state index is 12.4. The molecule has 0 fully saturated rings. The Morgan fingerprint density at radius 2 is 2.29 bits per heavy atom. The highest BCUT2D eigenvalue weighted by Crippen LogP contribution is 2.21. The molecule has 2 heterocycles. The van der Waals surface area contributed by atoms with Gasteiger partial charge in [0.1, 0.15) is 10.7 Å². The smallest absolute Gasteiger partial charge is 0.268 e. The van der Waals surface area contributed by atoms with Crippen molar-refractivity contribution < 1.29 is 4.79 Å². The molecular formula is C15H22N4OS. The number of aromatic nitrogens is 2. The third-order valence-electron chi connectivity index (χ3n) is 3.25. The van der Waals surface area contributed by atoms with Gasteiger partial charge in [-0.15, -0.1) is 11.3 Å². The summed E-state index contributed by atoms with van der Waals surface area (Å²) in [6.07, 6.45) is 5.60. The van der Waals surface area contributed by atoms with Crippen molar-refractivity contribution in [2.45, 2.75) is 46.2 Å². The van der Waals surface area contributed by atoms with Gasteiger partial charge in [-0.3, -0.25) is 4.79 Å². The van der Waals surface area contributed by atoms with Crippen molar-refractivity contribution >= 4 is 22.9 Å². The van der Waals surface area contributed by atoms with Gasteiger partial charge in [0.05, 0.1) is 11.7 Å².